The summed E-state index contributed by atoms with van der Waals surface area (Å²) in [5.74, 6) is -1.27. The lowest BCUT2D eigenvalue weighted by Crippen LogP contribution is -2.45. The molecule has 1 N–H and O–H groups in total. The number of aromatic nitrogens is 1. The van der Waals surface area contributed by atoms with Crippen LogP contribution in [0.5, 0.6) is 0 Å². The molecule has 102 valence electrons. The minimum atomic E-state index is -0.835. The fourth-order valence-corrected chi connectivity index (χ4v) is 2.84. The number of pyridine rings is 1. The molecule has 0 bridgehead atoms. The SMILES string of the molecule is CC1CC(C(=O)O)CN(C(=O)c2ccncc2Br)C1. The Labute approximate surface area is 119 Å². The van der Waals surface area contributed by atoms with Gasteiger partial charge in [-0.25, -0.2) is 0 Å². The van der Waals surface area contributed by atoms with Crippen molar-refractivity contribution >= 4 is 27.8 Å². The molecule has 1 fully saturated rings. The number of aliphatic carboxylic acids is 1. The van der Waals surface area contributed by atoms with Gasteiger partial charge < -0.3 is 10.0 Å². The normalized spacial score (nSPS) is 23.2. The second kappa shape index (κ2) is 5.69. The van der Waals surface area contributed by atoms with Crippen LogP contribution >= 0.6 is 15.9 Å². The fourth-order valence-electron chi connectivity index (χ4n) is 2.42. The average molecular weight is 327 g/mol. The number of carbonyl (C=O) groups excluding carboxylic acids is 1. The molecule has 0 saturated carbocycles. The molecule has 1 aromatic rings. The largest absolute Gasteiger partial charge is 0.481 e. The van der Waals surface area contributed by atoms with Crippen molar-refractivity contribution < 1.29 is 14.7 Å². The number of halogens is 1. The third-order valence-corrected chi connectivity index (χ3v) is 3.93. The van der Waals surface area contributed by atoms with Crippen LogP contribution in [0.25, 0.3) is 0 Å². The maximum atomic E-state index is 12.4. The van der Waals surface area contributed by atoms with Crippen molar-refractivity contribution in [2.45, 2.75) is 13.3 Å². The molecule has 1 saturated heterocycles. The Hall–Kier alpha value is -1.43. The lowest BCUT2D eigenvalue weighted by atomic mass is 9.90. The molecule has 19 heavy (non-hydrogen) atoms. The molecule has 1 aromatic heterocycles. The van der Waals surface area contributed by atoms with Gasteiger partial charge in [0.25, 0.3) is 5.91 Å². The maximum absolute atomic E-state index is 12.4. The second-order valence-electron chi connectivity index (χ2n) is 4.94. The minimum absolute atomic E-state index is 0.146. The van der Waals surface area contributed by atoms with Crippen molar-refractivity contribution in [2.24, 2.45) is 11.8 Å². The Morgan fingerprint density at radius 1 is 1.47 bits per heavy atom. The van der Waals surface area contributed by atoms with Gasteiger partial charge in [0.2, 0.25) is 0 Å². The van der Waals surface area contributed by atoms with Gasteiger partial charge in [0, 0.05) is 30.0 Å². The van der Waals surface area contributed by atoms with Crippen LogP contribution in [-0.4, -0.2) is 40.0 Å². The molecular formula is C13H15BrN2O3. The van der Waals surface area contributed by atoms with Crippen molar-refractivity contribution in [3.63, 3.8) is 0 Å². The van der Waals surface area contributed by atoms with E-state index in [9.17, 15) is 9.59 Å². The van der Waals surface area contributed by atoms with Crippen LogP contribution < -0.4 is 0 Å². The molecule has 0 spiro atoms. The highest BCUT2D eigenvalue weighted by Crippen LogP contribution is 2.25. The van der Waals surface area contributed by atoms with Gasteiger partial charge in [0.15, 0.2) is 0 Å². The average Bonchev–Trinajstić information content (AvgIpc) is 2.37. The molecule has 1 aliphatic heterocycles. The van der Waals surface area contributed by atoms with E-state index >= 15 is 0 Å². The molecular weight excluding hydrogens is 312 g/mol. The summed E-state index contributed by atoms with van der Waals surface area (Å²) in [5, 5.41) is 9.12. The number of carbonyl (C=O) groups is 2. The summed E-state index contributed by atoms with van der Waals surface area (Å²) in [4.78, 5) is 29.1. The van der Waals surface area contributed by atoms with Crippen molar-refractivity contribution in [2.75, 3.05) is 13.1 Å². The molecule has 0 aromatic carbocycles. The lowest BCUT2D eigenvalue weighted by Gasteiger charge is -2.34. The molecule has 2 heterocycles. The van der Waals surface area contributed by atoms with E-state index in [1.807, 2.05) is 6.92 Å². The van der Waals surface area contributed by atoms with E-state index < -0.39 is 11.9 Å². The number of rotatable bonds is 2. The van der Waals surface area contributed by atoms with Crippen LogP contribution in [0, 0.1) is 11.8 Å². The van der Waals surface area contributed by atoms with Gasteiger partial charge in [0.1, 0.15) is 0 Å². The zero-order chi connectivity index (χ0) is 14.0. The summed E-state index contributed by atoms with van der Waals surface area (Å²) in [7, 11) is 0. The number of hydrogen-bond donors (Lipinski definition) is 1. The molecule has 2 rings (SSSR count). The quantitative estimate of drug-likeness (QED) is 0.902. The molecule has 2 atom stereocenters. The summed E-state index contributed by atoms with van der Waals surface area (Å²) in [6, 6.07) is 1.64. The Kier molecular flexibility index (Phi) is 4.19. The van der Waals surface area contributed by atoms with Gasteiger partial charge >= 0.3 is 5.97 Å². The monoisotopic (exact) mass is 326 g/mol. The van der Waals surface area contributed by atoms with Crippen LogP contribution in [0.1, 0.15) is 23.7 Å². The van der Waals surface area contributed by atoms with E-state index in [0.29, 0.717) is 23.0 Å². The molecule has 0 aliphatic carbocycles. The fraction of sp³-hybridized carbons (Fsp3) is 0.462. The zero-order valence-electron chi connectivity index (χ0n) is 10.5. The van der Waals surface area contributed by atoms with Crippen LogP contribution in [0.2, 0.25) is 0 Å². The minimum Gasteiger partial charge on any atom is -0.481 e. The summed E-state index contributed by atoms with van der Waals surface area (Å²) < 4.78 is 0.630. The Balaban J connectivity index is 2.19. The Morgan fingerprint density at radius 2 is 2.21 bits per heavy atom. The number of amides is 1. The molecule has 2 unspecified atom stereocenters. The number of hydrogen-bond acceptors (Lipinski definition) is 3. The summed E-state index contributed by atoms with van der Waals surface area (Å²) in [5.41, 5.74) is 0.522. The van der Waals surface area contributed by atoms with E-state index in [0.717, 1.165) is 0 Å². The molecule has 6 heteroatoms. The number of likely N-dealkylation sites (tertiary alicyclic amines) is 1. The summed E-state index contributed by atoms with van der Waals surface area (Å²) in [6.07, 6.45) is 3.74. The third-order valence-electron chi connectivity index (χ3n) is 3.30. The van der Waals surface area contributed by atoms with E-state index in [1.54, 1.807) is 23.4 Å². The van der Waals surface area contributed by atoms with E-state index in [4.69, 9.17) is 5.11 Å². The lowest BCUT2D eigenvalue weighted by molar-refractivity contribution is -0.143. The van der Waals surface area contributed by atoms with Crippen molar-refractivity contribution in [3.8, 4) is 0 Å². The number of carboxylic acids is 1. The van der Waals surface area contributed by atoms with Gasteiger partial charge in [-0.1, -0.05) is 6.92 Å². The Bertz CT molecular complexity index is 506. The summed E-state index contributed by atoms with van der Waals surface area (Å²) in [6.45, 7) is 2.83. The van der Waals surface area contributed by atoms with Crippen molar-refractivity contribution in [1.29, 1.82) is 0 Å². The smallest absolute Gasteiger partial charge is 0.308 e. The predicted molar refractivity (Wildman–Crippen MR) is 72.7 cm³/mol. The van der Waals surface area contributed by atoms with Gasteiger partial charge in [0.05, 0.1) is 11.5 Å². The topological polar surface area (TPSA) is 70.5 Å². The van der Waals surface area contributed by atoms with Crippen LogP contribution in [0.4, 0.5) is 0 Å². The molecule has 1 amide bonds. The van der Waals surface area contributed by atoms with Crippen molar-refractivity contribution in [1.82, 2.24) is 9.88 Å². The van der Waals surface area contributed by atoms with E-state index in [2.05, 4.69) is 20.9 Å². The first-order valence-electron chi connectivity index (χ1n) is 6.10. The third kappa shape index (κ3) is 3.12. The highest BCUT2D eigenvalue weighted by Gasteiger charge is 2.32. The number of carboxylic acid groups (broad SMARTS) is 1. The standard InChI is InChI=1S/C13H15BrN2O3/c1-8-4-9(13(18)19)7-16(6-8)12(17)10-2-3-15-5-11(10)14/h2-3,5,8-9H,4,6-7H2,1H3,(H,18,19). The molecule has 5 nitrogen and oxygen atoms in total. The van der Waals surface area contributed by atoms with E-state index in [-0.39, 0.29) is 18.4 Å². The van der Waals surface area contributed by atoms with Gasteiger partial charge in [-0.05, 0) is 34.3 Å². The second-order valence-corrected chi connectivity index (χ2v) is 5.80. The first kappa shape index (κ1) is 14.0. The van der Waals surface area contributed by atoms with E-state index in [1.165, 1.54) is 0 Å². The number of piperidine rings is 1. The van der Waals surface area contributed by atoms with Crippen LogP contribution in [-0.2, 0) is 4.79 Å². The molecule has 1 aliphatic rings. The van der Waals surface area contributed by atoms with Gasteiger partial charge in [-0.2, -0.15) is 0 Å². The maximum Gasteiger partial charge on any atom is 0.308 e. The van der Waals surface area contributed by atoms with Gasteiger partial charge in [-0.3, -0.25) is 14.6 Å². The number of nitrogens with zero attached hydrogens (tertiary/aromatic N) is 2. The van der Waals surface area contributed by atoms with Crippen LogP contribution in [0.15, 0.2) is 22.9 Å². The first-order valence-corrected chi connectivity index (χ1v) is 6.90. The predicted octanol–water partition coefficient (Wildman–Crippen LogP) is 2.03. The first-order chi connectivity index (χ1) is 8.99. The molecule has 0 radical (unpaired) electrons. The Morgan fingerprint density at radius 3 is 2.84 bits per heavy atom. The summed E-state index contributed by atoms with van der Waals surface area (Å²) >= 11 is 3.30. The van der Waals surface area contributed by atoms with Crippen molar-refractivity contribution in [3.05, 3.63) is 28.5 Å². The van der Waals surface area contributed by atoms with Crippen LogP contribution in [0.3, 0.4) is 0 Å². The zero-order valence-corrected chi connectivity index (χ0v) is 12.1. The van der Waals surface area contributed by atoms with Gasteiger partial charge in [-0.15, -0.1) is 0 Å². The highest BCUT2D eigenvalue weighted by atomic mass is 79.9. The highest BCUT2D eigenvalue weighted by molar-refractivity contribution is 9.10.